The first-order valence-electron chi connectivity index (χ1n) is 5.78. The zero-order valence-electron chi connectivity index (χ0n) is 10.3. The number of rotatable bonds is 3. The molecule has 0 fully saturated rings. The van der Waals surface area contributed by atoms with Crippen LogP contribution in [0.3, 0.4) is 0 Å². The molecule has 1 unspecified atom stereocenters. The number of nitrogens with one attached hydrogen (secondary N) is 1. The van der Waals surface area contributed by atoms with Crippen molar-refractivity contribution >= 4 is 17.3 Å². The fourth-order valence-electron chi connectivity index (χ4n) is 1.69. The average Bonchev–Trinajstić information content (AvgIpc) is 2.41. The van der Waals surface area contributed by atoms with E-state index >= 15 is 0 Å². The van der Waals surface area contributed by atoms with Gasteiger partial charge in [-0.25, -0.2) is 4.39 Å². The van der Waals surface area contributed by atoms with Crippen molar-refractivity contribution < 1.29 is 4.39 Å². The Labute approximate surface area is 116 Å². The molecule has 96 valence electrons. The smallest absolute Gasteiger partial charge is 0.140 e. The van der Waals surface area contributed by atoms with Gasteiger partial charge in [-0.3, -0.25) is 0 Å². The Hall–Kier alpha value is -2.05. The van der Waals surface area contributed by atoms with Crippen LogP contribution >= 0.6 is 11.6 Å². The highest BCUT2D eigenvalue weighted by molar-refractivity contribution is 6.31. The van der Waals surface area contributed by atoms with Gasteiger partial charge in [0.1, 0.15) is 11.9 Å². The number of nitriles is 1. The van der Waals surface area contributed by atoms with E-state index < -0.39 is 6.04 Å². The van der Waals surface area contributed by atoms with Gasteiger partial charge >= 0.3 is 0 Å². The maximum atomic E-state index is 12.8. The van der Waals surface area contributed by atoms with Crippen molar-refractivity contribution in [3.63, 3.8) is 0 Å². The molecule has 2 rings (SSSR count). The third kappa shape index (κ3) is 3.24. The minimum absolute atomic E-state index is 0.308. The van der Waals surface area contributed by atoms with Crippen molar-refractivity contribution in [3.8, 4) is 6.07 Å². The highest BCUT2D eigenvalue weighted by Crippen LogP contribution is 2.24. The summed E-state index contributed by atoms with van der Waals surface area (Å²) >= 11 is 6.05. The lowest BCUT2D eigenvalue weighted by Crippen LogP contribution is -2.08. The van der Waals surface area contributed by atoms with Gasteiger partial charge in [0, 0.05) is 10.7 Å². The molecule has 0 aliphatic rings. The van der Waals surface area contributed by atoms with E-state index in [-0.39, 0.29) is 5.82 Å². The molecule has 0 aliphatic carbocycles. The Balaban J connectivity index is 2.23. The van der Waals surface area contributed by atoms with E-state index in [1.54, 1.807) is 18.2 Å². The summed E-state index contributed by atoms with van der Waals surface area (Å²) in [6.07, 6.45) is 0. The molecule has 0 spiro atoms. The van der Waals surface area contributed by atoms with Crippen LogP contribution in [0.5, 0.6) is 0 Å². The summed E-state index contributed by atoms with van der Waals surface area (Å²) in [6.45, 7) is 1.90. The molecule has 0 saturated heterocycles. The van der Waals surface area contributed by atoms with E-state index in [1.165, 1.54) is 12.1 Å². The largest absolute Gasteiger partial charge is 0.366 e. The van der Waals surface area contributed by atoms with Crippen molar-refractivity contribution in [2.75, 3.05) is 5.32 Å². The summed E-state index contributed by atoms with van der Waals surface area (Å²) in [5.74, 6) is -0.308. The highest BCUT2D eigenvalue weighted by Gasteiger charge is 2.11. The Morgan fingerprint density at radius 3 is 2.47 bits per heavy atom. The summed E-state index contributed by atoms with van der Waals surface area (Å²) in [5, 5.41) is 12.9. The summed E-state index contributed by atoms with van der Waals surface area (Å²) in [4.78, 5) is 0. The number of nitrogens with zero attached hydrogens (tertiary/aromatic N) is 1. The Bertz CT molecular complexity index is 617. The molecule has 0 aromatic heterocycles. The fraction of sp³-hybridized carbons (Fsp3) is 0.133. The number of hydrogen-bond donors (Lipinski definition) is 1. The van der Waals surface area contributed by atoms with Crippen LogP contribution in [0, 0.1) is 24.1 Å². The zero-order chi connectivity index (χ0) is 13.8. The molecule has 0 bridgehead atoms. The molecule has 0 saturated carbocycles. The van der Waals surface area contributed by atoms with Gasteiger partial charge < -0.3 is 5.32 Å². The predicted molar refractivity (Wildman–Crippen MR) is 74.6 cm³/mol. The molecule has 1 N–H and O–H groups in total. The van der Waals surface area contributed by atoms with Crippen LogP contribution in [0.4, 0.5) is 10.1 Å². The maximum Gasteiger partial charge on any atom is 0.140 e. The molecule has 0 radical (unpaired) electrons. The number of halogens is 2. The quantitative estimate of drug-likeness (QED) is 0.897. The van der Waals surface area contributed by atoms with Gasteiger partial charge in [0.2, 0.25) is 0 Å². The normalized spacial score (nSPS) is 11.7. The lowest BCUT2D eigenvalue weighted by atomic mass is 10.1. The van der Waals surface area contributed by atoms with E-state index in [1.807, 2.05) is 19.1 Å². The topological polar surface area (TPSA) is 35.8 Å². The van der Waals surface area contributed by atoms with E-state index in [2.05, 4.69) is 11.4 Å². The Kier molecular flexibility index (Phi) is 4.03. The number of aryl methyl sites for hydroxylation is 1. The average molecular weight is 275 g/mol. The number of anilines is 1. The molecule has 4 heteroatoms. The molecule has 2 aromatic rings. The van der Waals surface area contributed by atoms with Crippen LogP contribution in [0.1, 0.15) is 17.2 Å². The minimum atomic E-state index is -0.524. The summed E-state index contributed by atoms with van der Waals surface area (Å²) in [7, 11) is 0. The van der Waals surface area contributed by atoms with Gasteiger partial charge in [-0.05, 0) is 48.4 Å². The van der Waals surface area contributed by atoms with E-state index in [0.29, 0.717) is 10.7 Å². The third-order valence-electron chi connectivity index (χ3n) is 2.81. The standard InChI is InChI=1S/C15H12ClFN2/c1-10-2-3-11(8-14(10)16)15(9-18)19-13-6-4-12(17)5-7-13/h2-8,15,19H,1H3. The van der Waals surface area contributed by atoms with Gasteiger partial charge in [0.25, 0.3) is 0 Å². The van der Waals surface area contributed by atoms with Gasteiger partial charge in [-0.1, -0.05) is 23.7 Å². The molecule has 19 heavy (non-hydrogen) atoms. The molecule has 0 amide bonds. The third-order valence-corrected chi connectivity index (χ3v) is 3.22. The zero-order valence-corrected chi connectivity index (χ0v) is 11.1. The summed E-state index contributed by atoms with van der Waals surface area (Å²) in [6, 6.07) is 13.0. The Morgan fingerprint density at radius 1 is 1.21 bits per heavy atom. The highest BCUT2D eigenvalue weighted by atomic mass is 35.5. The molecule has 0 heterocycles. The second-order valence-corrected chi connectivity index (χ2v) is 4.63. The monoisotopic (exact) mass is 274 g/mol. The number of hydrogen-bond acceptors (Lipinski definition) is 2. The first-order valence-corrected chi connectivity index (χ1v) is 6.15. The van der Waals surface area contributed by atoms with Gasteiger partial charge in [-0.2, -0.15) is 5.26 Å². The van der Waals surface area contributed by atoms with Crippen LogP contribution in [0.2, 0.25) is 5.02 Å². The molecule has 1 atom stereocenters. The van der Waals surface area contributed by atoms with Gasteiger partial charge in [0.05, 0.1) is 6.07 Å². The van der Waals surface area contributed by atoms with Crippen LogP contribution < -0.4 is 5.32 Å². The molecule has 0 aliphatic heterocycles. The Morgan fingerprint density at radius 2 is 1.89 bits per heavy atom. The van der Waals surface area contributed by atoms with Gasteiger partial charge in [-0.15, -0.1) is 0 Å². The SMILES string of the molecule is Cc1ccc(C(C#N)Nc2ccc(F)cc2)cc1Cl. The molecular weight excluding hydrogens is 263 g/mol. The second-order valence-electron chi connectivity index (χ2n) is 4.22. The van der Waals surface area contributed by atoms with Crippen LogP contribution in [-0.4, -0.2) is 0 Å². The first kappa shape index (κ1) is 13.4. The van der Waals surface area contributed by atoms with Crippen molar-refractivity contribution in [1.29, 1.82) is 5.26 Å². The summed E-state index contributed by atoms with van der Waals surface area (Å²) < 4.78 is 12.8. The van der Waals surface area contributed by atoms with Crippen molar-refractivity contribution in [1.82, 2.24) is 0 Å². The van der Waals surface area contributed by atoms with Crippen LogP contribution in [0.25, 0.3) is 0 Å². The summed E-state index contributed by atoms with van der Waals surface area (Å²) in [5.41, 5.74) is 2.43. The lowest BCUT2D eigenvalue weighted by Gasteiger charge is -2.14. The van der Waals surface area contributed by atoms with Crippen LogP contribution in [-0.2, 0) is 0 Å². The van der Waals surface area contributed by atoms with Crippen molar-refractivity contribution in [2.45, 2.75) is 13.0 Å². The van der Waals surface area contributed by atoms with Gasteiger partial charge in [0.15, 0.2) is 0 Å². The first-order chi connectivity index (χ1) is 9.10. The van der Waals surface area contributed by atoms with Crippen LogP contribution in [0.15, 0.2) is 42.5 Å². The van der Waals surface area contributed by atoms with E-state index in [9.17, 15) is 9.65 Å². The number of benzene rings is 2. The van der Waals surface area contributed by atoms with Crippen molar-refractivity contribution in [3.05, 3.63) is 64.4 Å². The minimum Gasteiger partial charge on any atom is -0.366 e. The van der Waals surface area contributed by atoms with E-state index in [4.69, 9.17) is 11.6 Å². The predicted octanol–water partition coefficient (Wildman–Crippen LogP) is 4.46. The maximum absolute atomic E-state index is 12.8. The van der Waals surface area contributed by atoms with Crippen molar-refractivity contribution in [2.24, 2.45) is 0 Å². The van der Waals surface area contributed by atoms with E-state index in [0.717, 1.165) is 11.1 Å². The molecular formula is C15H12ClFN2. The fourth-order valence-corrected chi connectivity index (χ4v) is 1.88. The molecule has 2 nitrogen and oxygen atoms in total. The lowest BCUT2D eigenvalue weighted by molar-refractivity contribution is 0.628. The molecule has 2 aromatic carbocycles. The second kappa shape index (κ2) is 5.73.